The maximum Gasteiger partial charge on any atom is 0.225 e. The number of halogens is 2. The number of rotatable bonds is 6. The SMILES string of the molecule is CN(C)C(=O)C1CCN(C[C@H](O)COc2cc(Cl)ccc2Cl)CC1. The Morgan fingerprint density at radius 3 is 2.67 bits per heavy atom. The van der Waals surface area contributed by atoms with E-state index in [2.05, 4.69) is 4.90 Å². The number of β-amino-alcohol motifs (C(OH)–C–C–N with tert-alkyl or cyclic N) is 1. The third-order valence-electron chi connectivity index (χ3n) is 4.17. The summed E-state index contributed by atoms with van der Waals surface area (Å²) in [5, 5.41) is 11.2. The van der Waals surface area contributed by atoms with Gasteiger partial charge in [-0.05, 0) is 38.1 Å². The number of nitrogens with zero attached hydrogens (tertiary/aromatic N) is 2. The van der Waals surface area contributed by atoms with Gasteiger partial charge in [-0.25, -0.2) is 0 Å². The van der Waals surface area contributed by atoms with Gasteiger partial charge in [0.05, 0.1) is 5.02 Å². The predicted octanol–water partition coefficient (Wildman–Crippen LogP) is 2.53. The Kier molecular flexibility index (Phi) is 7.16. The first-order valence-electron chi connectivity index (χ1n) is 8.06. The molecule has 0 unspecified atom stereocenters. The smallest absolute Gasteiger partial charge is 0.225 e. The number of hydrogen-bond acceptors (Lipinski definition) is 4. The van der Waals surface area contributed by atoms with Crippen molar-refractivity contribution in [1.29, 1.82) is 0 Å². The van der Waals surface area contributed by atoms with E-state index in [0.717, 1.165) is 25.9 Å². The molecule has 1 atom stereocenters. The number of aliphatic hydroxyl groups excluding tert-OH is 1. The van der Waals surface area contributed by atoms with Gasteiger partial charge in [-0.1, -0.05) is 23.2 Å². The molecule has 7 heteroatoms. The molecule has 0 aliphatic carbocycles. The molecule has 1 fully saturated rings. The van der Waals surface area contributed by atoms with Crippen molar-refractivity contribution in [3.63, 3.8) is 0 Å². The fourth-order valence-electron chi connectivity index (χ4n) is 2.85. The van der Waals surface area contributed by atoms with Crippen LogP contribution in [-0.4, -0.2) is 67.3 Å². The van der Waals surface area contributed by atoms with Crippen LogP contribution in [-0.2, 0) is 4.79 Å². The summed E-state index contributed by atoms with van der Waals surface area (Å²) in [5.74, 6) is 0.752. The quantitative estimate of drug-likeness (QED) is 0.830. The monoisotopic (exact) mass is 374 g/mol. The van der Waals surface area contributed by atoms with Gasteiger partial charge in [0.25, 0.3) is 0 Å². The summed E-state index contributed by atoms with van der Waals surface area (Å²) in [4.78, 5) is 15.8. The molecule has 134 valence electrons. The normalized spacial score (nSPS) is 17.5. The van der Waals surface area contributed by atoms with Crippen LogP contribution in [0.15, 0.2) is 18.2 Å². The highest BCUT2D eigenvalue weighted by Crippen LogP contribution is 2.27. The van der Waals surface area contributed by atoms with Crippen molar-refractivity contribution in [1.82, 2.24) is 9.80 Å². The Morgan fingerprint density at radius 1 is 1.38 bits per heavy atom. The largest absolute Gasteiger partial charge is 0.489 e. The molecule has 1 heterocycles. The molecule has 1 aliphatic heterocycles. The molecule has 0 radical (unpaired) electrons. The summed E-state index contributed by atoms with van der Waals surface area (Å²) >= 11 is 11.9. The van der Waals surface area contributed by atoms with Crippen molar-refractivity contribution in [3.8, 4) is 5.75 Å². The minimum Gasteiger partial charge on any atom is -0.489 e. The molecule has 1 aromatic carbocycles. The van der Waals surface area contributed by atoms with Crippen molar-refractivity contribution in [2.75, 3.05) is 40.3 Å². The molecule has 1 saturated heterocycles. The number of ether oxygens (including phenoxy) is 1. The van der Waals surface area contributed by atoms with Crippen molar-refractivity contribution in [3.05, 3.63) is 28.2 Å². The van der Waals surface area contributed by atoms with Crippen molar-refractivity contribution >= 4 is 29.1 Å². The molecule has 2 rings (SSSR count). The molecule has 0 saturated carbocycles. The van der Waals surface area contributed by atoms with Gasteiger partial charge < -0.3 is 19.6 Å². The van der Waals surface area contributed by atoms with Crippen LogP contribution >= 0.6 is 23.2 Å². The number of aliphatic hydroxyl groups is 1. The van der Waals surface area contributed by atoms with Gasteiger partial charge >= 0.3 is 0 Å². The minimum absolute atomic E-state index is 0.0925. The lowest BCUT2D eigenvalue weighted by Crippen LogP contribution is -2.43. The van der Waals surface area contributed by atoms with Gasteiger partial charge in [0.15, 0.2) is 0 Å². The Balaban J connectivity index is 1.74. The van der Waals surface area contributed by atoms with Crippen LogP contribution in [0.4, 0.5) is 0 Å². The lowest BCUT2D eigenvalue weighted by atomic mass is 9.95. The number of amides is 1. The van der Waals surface area contributed by atoms with Crippen LogP contribution in [0.5, 0.6) is 5.75 Å². The fourth-order valence-corrected chi connectivity index (χ4v) is 3.19. The lowest BCUT2D eigenvalue weighted by Gasteiger charge is -2.33. The topological polar surface area (TPSA) is 53.0 Å². The first kappa shape index (κ1) is 19.3. The fraction of sp³-hybridized carbons (Fsp3) is 0.588. The van der Waals surface area contributed by atoms with Crippen LogP contribution in [0.3, 0.4) is 0 Å². The zero-order valence-electron chi connectivity index (χ0n) is 14.0. The molecule has 1 N–H and O–H groups in total. The number of carbonyl (C=O) groups excluding carboxylic acids is 1. The number of piperidine rings is 1. The van der Waals surface area contributed by atoms with Gasteiger partial charge in [-0.2, -0.15) is 0 Å². The number of hydrogen-bond donors (Lipinski definition) is 1. The molecule has 0 spiro atoms. The van der Waals surface area contributed by atoms with Gasteiger partial charge in [0.2, 0.25) is 5.91 Å². The van der Waals surface area contributed by atoms with Gasteiger partial charge in [-0.15, -0.1) is 0 Å². The highest BCUT2D eigenvalue weighted by molar-refractivity contribution is 6.34. The molecule has 0 bridgehead atoms. The summed E-state index contributed by atoms with van der Waals surface area (Å²) in [6.45, 7) is 2.27. The van der Waals surface area contributed by atoms with Crippen molar-refractivity contribution in [2.24, 2.45) is 5.92 Å². The molecule has 1 aromatic rings. The Labute approximate surface area is 153 Å². The second kappa shape index (κ2) is 8.90. The summed E-state index contributed by atoms with van der Waals surface area (Å²) < 4.78 is 5.56. The third kappa shape index (κ3) is 5.52. The van der Waals surface area contributed by atoms with Crippen LogP contribution in [0.25, 0.3) is 0 Å². The minimum atomic E-state index is -0.624. The van der Waals surface area contributed by atoms with E-state index in [1.807, 2.05) is 0 Å². The molecule has 24 heavy (non-hydrogen) atoms. The van der Waals surface area contributed by atoms with E-state index in [0.29, 0.717) is 22.3 Å². The summed E-state index contributed by atoms with van der Waals surface area (Å²) in [6, 6.07) is 4.99. The average molecular weight is 375 g/mol. The molecule has 0 aromatic heterocycles. The van der Waals surface area contributed by atoms with Crippen molar-refractivity contribution < 1.29 is 14.6 Å². The highest BCUT2D eigenvalue weighted by atomic mass is 35.5. The highest BCUT2D eigenvalue weighted by Gasteiger charge is 2.26. The van der Waals surface area contributed by atoms with E-state index in [1.165, 1.54) is 0 Å². The Bertz CT molecular complexity index is 561. The molecule has 5 nitrogen and oxygen atoms in total. The lowest BCUT2D eigenvalue weighted by molar-refractivity contribution is -0.134. The van der Waals surface area contributed by atoms with Crippen molar-refractivity contribution in [2.45, 2.75) is 18.9 Å². The third-order valence-corrected chi connectivity index (χ3v) is 4.72. The van der Waals surface area contributed by atoms with E-state index >= 15 is 0 Å². The predicted molar refractivity (Wildman–Crippen MR) is 95.8 cm³/mol. The average Bonchev–Trinajstić information content (AvgIpc) is 2.55. The molecule has 1 aliphatic rings. The number of likely N-dealkylation sites (tertiary alicyclic amines) is 1. The van der Waals surface area contributed by atoms with E-state index < -0.39 is 6.10 Å². The van der Waals surface area contributed by atoms with E-state index in [4.69, 9.17) is 27.9 Å². The number of carbonyl (C=O) groups is 1. The molecular formula is C17H24Cl2N2O3. The first-order valence-corrected chi connectivity index (χ1v) is 8.82. The Hall–Kier alpha value is -1.01. The summed E-state index contributed by atoms with van der Waals surface area (Å²) in [6.07, 6.45) is 1.02. The zero-order valence-corrected chi connectivity index (χ0v) is 15.6. The summed E-state index contributed by atoms with van der Waals surface area (Å²) in [5.41, 5.74) is 0. The summed E-state index contributed by atoms with van der Waals surface area (Å²) in [7, 11) is 3.58. The van der Waals surface area contributed by atoms with Gasteiger partial charge in [0, 0.05) is 37.6 Å². The zero-order chi connectivity index (χ0) is 17.7. The van der Waals surface area contributed by atoms with Gasteiger partial charge in [0.1, 0.15) is 18.5 Å². The van der Waals surface area contributed by atoms with E-state index in [-0.39, 0.29) is 18.4 Å². The van der Waals surface area contributed by atoms with Crippen LogP contribution in [0.1, 0.15) is 12.8 Å². The van der Waals surface area contributed by atoms with Crippen LogP contribution < -0.4 is 4.74 Å². The number of benzene rings is 1. The molecule has 1 amide bonds. The standard InChI is InChI=1S/C17H24Cl2N2O3/c1-20(2)17(23)12-5-7-21(8-6-12)10-14(22)11-24-16-9-13(18)3-4-15(16)19/h3-4,9,12,14,22H,5-8,10-11H2,1-2H3/t14-/m0/s1. The van der Waals surface area contributed by atoms with Crippen LogP contribution in [0, 0.1) is 5.92 Å². The maximum absolute atomic E-state index is 12.0. The first-order chi connectivity index (χ1) is 11.4. The second-order valence-electron chi connectivity index (χ2n) is 6.35. The van der Waals surface area contributed by atoms with E-state index in [1.54, 1.807) is 37.2 Å². The maximum atomic E-state index is 12.0. The second-order valence-corrected chi connectivity index (χ2v) is 7.19. The van der Waals surface area contributed by atoms with Crippen LogP contribution in [0.2, 0.25) is 10.0 Å². The molecular weight excluding hydrogens is 351 g/mol. The van der Waals surface area contributed by atoms with Gasteiger partial charge in [-0.3, -0.25) is 4.79 Å². The van der Waals surface area contributed by atoms with E-state index in [9.17, 15) is 9.90 Å². The Morgan fingerprint density at radius 2 is 2.04 bits per heavy atom.